The van der Waals surface area contributed by atoms with Crippen molar-refractivity contribution in [2.24, 2.45) is 5.41 Å². The molecule has 0 aliphatic heterocycles. The fourth-order valence-corrected chi connectivity index (χ4v) is 2.62. The molecule has 0 fully saturated rings. The van der Waals surface area contributed by atoms with Gasteiger partial charge in [0.2, 0.25) is 0 Å². The van der Waals surface area contributed by atoms with Gasteiger partial charge in [-0.3, -0.25) is 9.59 Å². The van der Waals surface area contributed by atoms with Gasteiger partial charge in [0.15, 0.2) is 18.6 Å². The molecule has 0 heterocycles. The zero-order chi connectivity index (χ0) is 24.0. The lowest BCUT2D eigenvalue weighted by Gasteiger charge is -2.29. The Morgan fingerprint density at radius 1 is 0.710 bits per heavy atom. The summed E-state index contributed by atoms with van der Waals surface area (Å²) in [5.41, 5.74) is -2.29. The summed E-state index contributed by atoms with van der Waals surface area (Å²) < 4.78 is 83.6. The van der Waals surface area contributed by atoms with Crippen molar-refractivity contribution in [1.82, 2.24) is 0 Å². The van der Waals surface area contributed by atoms with Crippen LogP contribution in [0.25, 0.3) is 0 Å². The second-order valence-corrected chi connectivity index (χ2v) is 6.58. The number of esters is 2. The van der Waals surface area contributed by atoms with Gasteiger partial charge in [-0.05, 0) is 38.5 Å². The summed E-state index contributed by atoms with van der Waals surface area (Å²) in [6.07, 6.45) is -0.205. The van der Waals surface area contributed by atoms with Crippen molar-refractivity contribution < 1.29 is 45.4 Å². The second-order valence-electron chi connectivity index (χ2n) is 6.58. The standard InChI is InChI=1S/C21H26F6O4/c1-3-5-7-9-11-13-19(14-12-10-8-6-4-2,17(28)30-15-20(22,23)24)18(29)31-16-21(25,26)27/h3-8H,1-2,9-16H2/b7-5+,8-6+. The molecule has 0 saturated heterocycles. The molecule has 0 amide bonds. The van der Waals surface area contributed by atoms with Gasteiger partial charge in [0.25, 0.3) is 0 Å². The number of alkyl halides is 6. The highest BCUT2D eigenvalue weighted by Crippen LogP contribution is 2.36. The summed E-state index contributed by atoms with van der Waals surface area (Å²) >= 11 is 0. The van der Waals surface area contributed by atoms with Crippen LogP contribution in [0.3, 0.4) is 0 Å². The van der Waals surface area contributed by atoms with Crippen LogP contribution < -0.4 is 0 Å². The van der Waals surface area contributed by atoms with Gasteiger partial charge in [-0.2, -0.15) is 26.3 Å². The Labute approximate surface area is 177 Å². The molecule has 31 heavy (non-hydrogen) atoms. The molecule has 0 aromatic heterocycles. The normalized spacial score (nSPS) is 12.8. The van der Waals surface area contributed by atoms with Gasteiger partial charge in [0.1, 0.15) is 0 Å². The maximum atomic E-state index is 12.5. The van der Waals surface area contributed by atoms with Gasteiger partial charge in [0.05, 0.1) is 0 Å². The number of carbonyl (C=O) groups excluding carboxylic acids is 2. The number of unbranched alkanes of at least 4 members (excludes halogenated alkanes) is 2. The van der Waals surface area contributed by atoms with Crippen LogP contribution in [0.5, 0.6) is 0 Å². The lowest BCUT2D eigenvalue weighted by molar-refractivity contribution is -0.207. The number of hydrogen-bond donors (Lipinski definition) is 0. The van der Waals surface area contributed by atoms with Crippen molar-refractivity contribution in [1.29, 1.82) is 0 Å². The molecule has 0 unspecified atom stereocenters. The van der Waals surface area contributed by atoms with Crippen molar-refractivity contribution in [3.05, 3.63) is 49.6 Å². The molecular formula is C21H26F6O4. The third-order valence-corrected chi connectivity index (χ3v) is 4.01. The maximum Gasteiger partial charge on any atom is 0.422 e. The minimum Gasteiger partial charge on any atom is -0.455 e. The lowest BCUT2D eigenvalue weighted by atomic mass is 9.78. The van der Waals surface area contributed by atoms with Gasteiger partial charge < -0.3 is 9.47 Å². The molecule has 0 saturated carbocycles. The summed E-state index contributed by atoms with van der Waals surface area (Å²) in [5.74, 6) is -3.12. The average Bonchev–Trinajstić information content (AvgIpc) is 2.67. The van der Waals surface area contributed by atoms with E-state index in [-0.39, 0.29) is 25.7 Å². The Balaban J connectivity index is 5.73. The van der Waals surface area contributed by atoms with E-state index < -0.39 is 42.9 Å². The summed E-state index contributed by atoms with van der Waals surface area (Å²) in [4.78, 5) is 25.1. The highest BCUT2D eigenvalue weighted by Gasteiger charge is 2.50. The highest BCUT2D eigenvalue weighted by atomic mass is 19.4. The Hall–Kier alpha value is -2.52. The first kappa shape index (κ1) is 28.5. The zero-order valence-electron chi connectivity index (χ0n) is 16.9. The van der Waals surface area contributed by atoms with Crippen LogP contribution in [0.15, 0.2) is 49.6 Å². The van der Waals surface area contributed by atoms with Crippen LogP contribution in [0.2, 0.25) is 0 Å². The minimum atomic E-state index is -4.86. The Morgan fingerprint density at radius 3 is 1.35 bits per heavy atom. The van der Waals surface area contributed by atoms with E-state index in [9.17, 15) is 35.9 Å². The van der Waals surface area contributed by atoms with Gasteiger partial charge in [-0.1, -0.05) is 49.6 Å². The Kier molecular flexibility index (Phi) is 12.6. The minimum absolute atomic E-state index is 0.120. The van der Waals surface area contributed by atoms with Crippen molar-refractivity contribution in [3.8, 4) is 0 Å². The summed E-state index contributed by atoms with van der Waals surface area (Å²) in [6.45, 7) is 2.99. The molecule has 4 nitrogen and oxygen atoms in total. The van der Waals surface area contributed by atoms with Gasteiger partial charge in [0, 0.05) is 0 Å². The third-order valence-electron chi connectivity index (χ3n) is 4.01. The highest BCUT2D eigenvalue weighted by molar-refractivity contribution is 6.00. The molecular weight excluding hydrogens is 430 g/mol. The number of halogens is 6. The van der Waals surface area contributed by atoms with E-state index >= 15 is 0 Å². The van der Waals surface area contributed by atoms with Crippen LogP contribution in [0, 0.1) is 5.41 Å². The number of ether oxygens (including phenoxy) is 2. The third kappa shape index (κ3) is 12.7. The molecule has 0 aromatic carbocycles. The first-order valence-corrected chi connectivity index (χ1v) is 9.41. The summed E-state index contributed by atoms with van der Waals surface area (Å²) in [7, 11) is 0. The van der Waals surface area contributed by atoms with Crippen LogP contribution in [-0.4, -0.2) is 37.5 Å². The molecule has 0 aliphatic rings. The first-order chi connectivity index (χ1) is 14.4. The van der Waals surface area contributed by atoms with Crippen molar-refractivity contribution in [2.45, 2.75) is 50.9 Å². The first-order valence-electron chi connectivity index (χ1n) is 9.41. The lowest BCUT2D eigenvalue weighted by Crippen LogP contribution is -2.44. The van der Waals surface area contributed by atoms with E-state index in [4.69, 9.17) is 0 Å². The molecule has 0 rings (SSSR count). The molecule has 0 spiro atoms. The number of carbonyl (C=O) groups is 2. The van der Waals surface area contributed by atoms with Gasteiger partial charge in [-0.15, -0.1) is 0 Å². The maximum absolute atomic E-state index is 12.5. The van der Waals surface area contributed by atoms with Gasteiger partial charge >= 0.3 is 24.3 Å². The van der Waals surface area contributed by atoms with Crippen LogP contribution in [-0.2, 0) is 19.1 Å². The zero-order valence-corrected chi connectivity index (χ0v) is 16.9. The Bertz CT molecular complexity index is 591. The number of rotatable bonds is 14. The molecule has 176 valence electrons. The predicted octanol–water partition coefficient (Wildman–Crippen LogP) is 6.01. The summed E-state index contributed by atoms with van der Waals surface area (Å²) in [5, 5.41) is 0. The average molecular weight is 456 g/mol. The topological polar surface area (TPSA) is 52.6 Å². The van der Waals surface area contributed by atoms with Crippen molar-refractivity contribution >= 4 is 11.9 Å². The quantitative estimate of drug-likeness (QED) is 0.106. The van der Waals surface area contributed by atoms with E-state index in [0.717, 1.165) is 0 Å². The monoisotopic (exact) mass is 456 g/mol. The van der Waals surface area contributed by atoms with Crippen molar-refractivity contribution in [2.75, 3.05) is 13.2 Å². The molecule has 0 radical (unpaired) electrons. The number of hydrogen-bond acceptors (Lipinski definition) is 4. The molecule has 0 bridgehead atoms. The second kappa shape index (κ2) is 13.7. The van der Waals surface area contributed by atoms with E-state index in [1.807, 2.05) is 0 Å². The van der Waals surface area contributed by atoms with Gasteiger partial charge in [-0.25, -0.2) is 0 Å². The molecule has 0 aliphatic carbocycles. The predicted molar refractivity (Wildman–Crippen MR) is 103 cm³/mol. The van der Waals surface area contributed by atoms with E-state index in [1.54, 1.807) is 24.3 Å². The largest absolute Gasteiger partial charge is 0.455 e. The Morgan fingerprint density at radius 2 is 1.06 bits per heavy atom. The molecule has 10 heteroatoms. The molecule has 0 aromatic rings. The van der Waals surface area contributed by atoms with Crippen LogP contribution in [0.4, 0.5) is 26.3 Å². The summed E-state index contributed by atoms with van der Waals surface area (Å²) in [6, 6.07) is 0. The van der Waals surface area contributed by atoms with Crippen LogP contribution >= 0.6 is 0 Å². The van der Waals surface area contributed by atoms with Crippen LogP contribution in [0.1, 0.15) is 38.5 Å². The molecule has 0 N–H and O–H groups in total. The molecule has 0 atom stereocenters. The smallest absolute Gasteiger partial charge is 0.422 e. The SMILES string of the molecule is C=C/C=C/CCCC(CCC/C=C/C=C)(C(=O)OCC(F)(F)F)C(=O)OCC(F)(F)F. The van der Waals surface area contributed by atoms with Crippen molar-refractivity contribution in [3.63, 3.8) is 0 Å². The van der Waals surface area contributed by atoms with E-state index in [0.29, 0.717) is 12.8 Å². The fourth-order valence-electron chi connectivity index (χ4n) is 2.62. The van der Waals surface area contributed by atoms with E-state index in [1.165, 1.54) is 12.2 Å². The van der Waals surface area contributed by atoms with E-state index in [2.05, 4.69) is 22.6 Å². The fraction of sp³-hybridized carbons (Fsp3) is 0.524. The number of allylic oxidation sites excluding steroid dienone is 6.